The Kier molecular flexibility index (Phi) is 4.51. The topological polar surface area (TPSA) is 38.3 Å². The summed E-state index contributed by atoms with van der Waals surface area (Å²) in [4.78, 5) is 15.9. The molecule has 0 aromatic heterocycles. The minimum Gasteiger partial charge on any atom is -0.378 e. The lowest BCUT2D eigenvalue weighted by Crippen LogP contribution is -2.25. The molecule has 3 nitrogen and oxygen atoms in total. The van der Waals surface area contributed by atoms with Crippen LogP contribution in [0.5, 0.6) is 5.75 Å². The second-order valence-electron chi connectivity index (χ2n) is 2.68. The molecule has 0 spiro atoms. The zero-order chi connectivity index (χ0) is 11.4. The van der Waals surface area contributed by atoms with Gasteiger partial charge >= 0.3 is 0 Å². The molecule has 1 aromatic rings. The van der Waals surface area contributed by atoms with Crippen molar-refractivity contribution in [3.8, 4) is 5.75 Å². The first kappa shape index (κ1) is 12.4. The number of benzene rings is 1. The molecule has 82 valence electrons. The minimum absolute atomic E-state index is 0.253. The van der Waals surface area contributed by atoms with E-state index in [9.17, 15) is 4.79 Å². The van der Waals surface area contributed by atoms with Gasteiger partial charge in [0.1, 0.15) is 0 Å². The van der Waals surface area contributed by atoms with E-state index in [0.29, 0.717) is 16.5 Å². The average molecular weight is 269 g/mol. The fourth-order valence-corrected chi connectivity index (χ4v) is 1.34. The fraction of sp³-hybridized carbons (Fsp3) is 0.222. The smallest absolute Gasteiger partial charge is 0.252 e. The summed E-state index contributed by atoms with van der Waals surface area (Å²) in [5, 5.41) is 0.915. The lowest BCUT2D eigenvalue weighted by Gasteiger charge is -2.08. The highest BCUT2D eigenvalue weighted by molar-refractivity contribution is 6.43. The van der Waals surface area contributed by atoms with E-state index in [2.05, 4.69) is 5.48 Å². The molecule has 0 fully saturated rings. The summed E-state index contributed by atoms with van der Waals surface area (Å²) in [5.41, 5.74) is 2.21. The first-order chi connectivity index (χ1) is 7.04. The Labute approximate surface area is 102 Å². The van der Waals surface area contributed by atoms with Crippen LogP contribution in [0.4, 0.5) is 0 Å². The first-order valence-corrected chi connectivity index (χ1v) is 5.28. The van der Waals surface area contributed by atoms with Crippen LogP contribution in [0, 0.1) is 0 Å². The van der Waals surface area contributed by atoms with Gasteiger partial charge in [-0.3, -0.25) is 4.79 Å². The predicted octanol–water partition coefficient (Wildman–Crippen LogP) is 3.47. The van der Waals surface area contributed by atoms with Crippen LogP contribution in [-0.2, 0) is 4.79 Å². The maximum absolute atomic E-state index is 10.9. The highest BCUT2D eigenvalue weighted by Crippen LogP contribution is 2.33. The molecule has 0 aliphatic heterocycles. The van der Waals surface area contributed by atoms with Gasteiger partial charge in [-0.1, -0.05) is 41.7 Å². The quantitative estimate of drug-likeness (QED) is 0.673. The molecule has 0 bridgehead atoms. The lowest BCUT2D eigenvalue weighted by molar-refractivity contribution is -0.127. The molecule has 0 saturated heterocycles. The van der Waals surface area contributed by atoms with Gasteiger partial charge in [0.25, 0.3) is 5.91 Å². The van der Waals surface area contributed by atoms with Gasteiger partial charge in [-0.2, -0.15) is 5.48 Å². The van der Waals surface area contributed by atoms with E-state index in [1.165, 1.54) is 12.1 Å². The third kappa shape index (κ3) is 3.45. The Morgan fingerprint density at radius 2 is 1.87 bits per heavy atom. The summed E-state index contributed by atoms with van der Waals surface area (Å²) in [6, 6.07) is 2.88. The maximum Gasteiger partial charge on any atom is 0.252 e. The van der Waals surface area contributed by atoms with Crippen LogP contribution < -0.4 is 10.3 Å². The van der Waals surface area contributed by atoms with Gasteiger partial charge in [0.15, 0.2) is 5.75 Å². The maximum atomic E-state index is 10.9. The van der Waals surface area contributed by atoms with E-state index in [1.54, 1.807) is 6.92 Å². The molecule has 1 amide bonds. The van der Waals surface area contributed by atoms with E-state index in [1.807, 2.05) is 0 Å². The Bertz CT molecular complexity index is 382. The van der Waals surface area contributed by atoms with E-state index >= 15 is 0 Å². The zero-order valence-corrected chi connectivity index (χ0v) is 10.1. The molecule has 15 heavy (non-hydrogen) atoms. The van der Waals surface area contributed by atoms with Gasteiger partial charge in [0, 0.05) is 12.5 Å². The molecule has 0 atom stereocenters. The lowest BCUT2D eigenvalue weighted by atomic mass is 10.3. The molecule has 0 aliphatic carbocycles. The summed E-state index contributed by atoms with van der Waals surface area (Å²) >= 11 is 17.3. The standard InChI is InChI=1S/C9H8Cl3NO2/c1-2-9(14)13-15-8-4-6(11)5(10)3-7(8)12/h3-4H,2H2,1H3,(H,13,14). The monoisotopic (exact) mass is 267 g/mol. The van der Waals surface area contributed by atoms with Crippen molar-refractivity contribution in [2.45, 2.75) is 13.3 Å². The Balaban J connectivity index is 2.77. The number of nitrogens with one attached hydrogen (secondary N) is 1. The normalized spacial score (nSPS) is 9.87. The van der Waals surface area contributed by atoms with Crippen molar-refractivity contribution >= 4 is 40.7 Å². The van der Waals surface area contributed by atoms with Gasteiger partial charge in [-0.15, -0.1) is 0 Å². The molecular weight excluding hydrogens is 260 g/mol. The van der Waals surface area contributed by atoms with Crippen LogP contribution in [0.25, 0.3) is 0 Å². The third-order valence-electron chi connectivity index (χ3n) is 1.57. The molecule has 1 aromatic carbocycles. The molecule has 0 aliphatic rings. The molecular formula is C9H8Cl3NO2. The highest BCUT2D eigenvalue weighted by atomic mass is 35.5. The Morgan fingerprint density at radius 1 is 1.27 bits per heavy atom. The van der Waals surface area contributed by atoms with Crippen molar-refractivity contribution in [1.82, 2.24) is 5.48 Å². The summed E-state index contributed by atoms with van der Waals surface area (Å²) < 4.78 is 0. The average Bonchev–Trinajstić information content (AvgIpc) is 2.21. The number of rotatable bonds is 3. The van der Waals surface area contributed by atoms with E-state index in [0.717, 1.165) is 0 Å². The number of hydrogen-bond acceptors (Lipinski definition) is 2. The van der Waals surface area contributed by atoms with Gasteiger partial charge in [-0.25, -0.2) is 0 Å². The summed E-state index contributed by atoms with van der Waals surface area (Å²) in [7, 11) is 0. The number of hydrogen-bond donors (Lipinski definition) is 1. The predicted molar refractivity (Wildman–Crippen MR) is 60.5 cm³/mol. The zero-order valence-electron chi connectivity index (χ0n) is 7.81. The Hall–Kier alpha value is -0.640. The van der Waals surface area contributed by atoms with Crippen LogP contribution in [0.3, 0.4) is 0 Å². The molecule has 0 radical (unpaired) electrons. The molecule has 0 unspecified atom stereocenters. The fourth-order valence-electron chi connectivity index (χ4n) is 0.767. The van der Waals surface area contributed by atoms with Crippen molar-refractivity contribution in [2.24, 2.45) is 0 Å². The highest BCUT2D eigenvalue weighted by Gasteiger charge is 2.08. The molecule has 0 heterocycles. The van der Waals surface area contributed by atoms with Gasteiger partial charge in [-0.05, 0) is 6.07 Å². The van der Waals surface area contributed by atoms with Crippen LogP contribution >= 0.6 is 34.8 Å². The van der Waals surface area contributed by atoms with Gasteiger partial charge in [0.2, 0.25) is 0 Å². The molecule has 1 rings (SSSR count). The molecule has 0 saturated carbocycles. The summed E-state index contributed by atoms with van der Waals surface area (Å²) in [6.07, 6.45) is 0.318. The third-order valence-corrected chi connectivity index (χ3v) is 2.59. The van der Waals surface area contributed by atoms with Gasteiger partial charge < -0.3 is 4.84 Å². The molecule has 6 heteroatoms. The van der Waals surface area contributed by atoms with Crippen molar-refractivity contribution < 1.29 is 9.63 Å². The van der Waals surface area contributed by atoms with Crippen molar-refractivity contribution in [1.29, 1.82) is 0 Å². The summed E-state index contributed by atoms with van der Waals surface area (Å²) in [6.45, 7) is 1.70. The van der Waals surface area contributed by atoms with Crippen LogP contribution in [0.2, 0.25) is 15.1 Å². The first-order valence-electron chi connectivity index (χ1n) is 4.14. The van der Waals surface area contributed by atoms with Crippen molar-refractivity contribution in [3.63, 3.8) is 0 Å². The van der Waals surface area contributed by atoms with Gasteiger partial charge in [0.05, 0.1) is 15.1 Å². The largest absolute Gasteiger partial charge is 0.378 e. The number of amides is 1. The van der Waals surface area contributed by atoms with Crippen molar-refractivity contribution in [2.75, 3.05) is 0 Å². The van der Waals surface area contributed by atoms with E-state index < -0.39 is 0 Å². The van der Waals surface area contributed by atoms with Crippen LogP contribution in [0.15, 0.2) is 12.1 Å². The Morgan fingerprint density at radius 3 is 2.47 bits per heavy atom. The van der Waals surface area contributed by atoms with Crippen molar-refractivity contribution in [3.05, 3.63) is 27.2 Å². The number of carbonyl (C=O) groups is 1. The number of hydroxylamine groups is 1. The second-order valence-corrected chi connectivity index (χ2v) is 3.90. The number of halogens is 3. The molecule has 1 N–H and O–H groups in total. The van der Waals surface area contributed by atoms with Crippen LogP contribution in [0.1, 0.15) is 13.3 Å². The van der Waals surface area contributed by atoms with E-state index in [-0.39, 0.29) is 16.7 Å². The SMILES string of the molecule is CCC(=O)NOc1cc(Cl)c(Cl)cc1Cl. The van der Waals surface area contributed by atoms with E-state index in [4.69, 9.17) is 39.6 Å². The number of carbonyl (C=O) groups excluding carboxylic acids is 1. The minimum atomic E-state index is -0.253. The second kappa shape index (κ2) is 5.45. The van der Waals surface area contributed by atoms with Crippen LogP contribution in [-0.4, -0.2) is 5.91 Å². The summed E-state index contributed by atoms with van der Waals surface area (Å²) in [5.74, 6) is 0.00463.